The van der Waals surface area contributed by atoms with E-state index in [4.69, 9.17) is 5.73 Å². The molecule has 0 radical (unpaired) electrons. The van der Waals surface area contributed by atoms with Gasteiger partial charge in [-0.3, -0.25) is 4.79 Å². The number of pyridine rings is 1. The second-order valence-corrected chi connectivity index (χ2v) is 4.38. The average molecular weight is 216 g/mol. The highest BCUT2D eigenvalue weighted by Gasteiger charge is 2.08. The first-order valence-corrected chi connectivity index (χ1v) is 5.42. The average Bonchev–Trinajstić information content (AvgIpc) is 2.23. The first kappa shape index (κ1) is 10.7. The number of nitrogens with two attached hydrogens (primary N) is 1. The van der Waals surface area contributed by atoms with Crippen LogP contribution < -0.4 is 11.3 Å². The van der Waals surface area contributed by atoms with Crippen LogP contribution in [0.1, 0.15) is 25.5 Å². The summed E-state index contributed by atoms with van der Waals surface area (Å²) in [6.45, 7) is 5.93. The Morgan fingerprint density at radius 2 is 1.88 bits per heavy atom. The van der Waals surface area contributed by atoms with Crippen LogP contribution in [0.15, 0.2) is 29.2 Å². The lowest BCUT2D eigenvalue weighted by Crippen LogP contribution is -2.21. The predicted octanol–water partition coefficient (Wildman–Crippen LogP) is 2.47. The molecule has 2 rings (SSSR count). The van der Waals surface area contributed by atoms with Crippen molar-refractivity contribution < 1.29 is 0 Å². The van der Waals surface area contributed by atoms with Gasteiger partial charge < -0.3 is 10.3 Å². The highest BCUT2D eigenvalue weighted by atomic mass is 16.1. The number of fused-ring (bicyclic) bond motifs is 1. The van der Waals surface area contributed by atoms with E-state index >= 15 is 0 Å². The third kappa shape index (κ3) is 1.48. The SMILES string of the molecule is Cc1ccc2c(=O)n(C(C)C)ccc2c1N. The summed E-state index contributed by atoms with van der Waals surface area (Å²) >= 11 is 0. The first-order valence-electron chi connectivity index (χ1n) is 5.42. The highest BCUT2D eigenvalue weighted by molar-refractivity contribution is 5.93. The Balaban J connectivity index is 2.88. The fourth-order valence-corrected chi connectivity index (χ4v) is 1.88. The largest absolute Gasteiger partial charge is 0.398 e. The van der Waals surface area contributed by atoms with E-state index in [9.17, 15) is 4.79 Å². The van der Waals surface area contributed by atoms with Crippen molar-refractivity contribution in [2.24, 2.45) is 0 Å². The number of nitrogen functional groups attached to an aromatic ring is 1. The fraction of sp³-hybridized carbons (Fsp3) is 0.308. The Bertz CT molecular complexity index is 597. The predicted molar refractivity (Wildman–Crippen MR) is 67.7 cm³/mol. The summed E-state index contributed by atoms with van der Waals surface area (Å²) in [6, 6.07) is 5.82. The van der Waals surface area contributed by atoms with Gasteiger partial charge in [-0.2, -0.15) is 0 Å². The van der Waals surface area contributed by atoms with E-state index in [1.165, 1.54) is 0 Å². The Morgan fingerprint density at radius 3 is 2.50 bits per heavy atom. The molecular weight excluding hydrogens is 200 g/mol. The van der Waals surface area contributed by atoms with Crippen LogP contribution >= 0.6 is 0 Å². The lowest BCUT2D eigenvalue weighted by Gasteiger charge is -2.12. The summed E-state index contributed by atoms with van der Waals surface area (Å²) in [6.07, 6.45) is 1.81. The van der Waals surface area contributed by atoms with Crippen LogP contribution in [0.4, 0.5) is 5.69 Å². The highest BCUT2D eigenvalue weighted by Crippen LogP contribution is 2.22. The van der Waals surface area contributed by atoms with E-state index in [0.29, 0.717) is 11.1 Å². The summed E-state index contributed by atoms with van der Waals surface area (Å²) in [5.74, 6) is 0. The van der Waals surface area contributed by atoms with Gasteiger partial charge in [0.25, 0.3) is 5.56 Å². The summed E-state index contributed by atoms with van der Waals surface area (Å²) in [5, 5.41) is 1.54. The fourth-order valence-electron chi connectivity index (χ4n) is 1.88. The maximum atomic E-state index is 12.1. The Kier molecular flexibility index (Phi) is 2.46. The first-order chi connectivity index (χ1) is 7.52. The Morgan fingerprint density at radius 1 is 1.19 bits per heavy atom. The smallest absolute Gasteiger partial charge is 0.258 e. The minimum absolute atomic E-state index is 0.0270. The van der Waals surface area contributed by atoms with Crippen molar-refractivity contribution in [3.63, 3.8) is 0 Å². The summed E-state index contributed by atoms with van der Waals surface area (Å²) < 4.78 is 1.72. The zero-order chi connectivity index (χ0) is 11.9. The summed E-state index contributed by atoms with van der Waals surface area (Å²) in [7, 11) is 0. The summed E-state index contributed by atoms with van der Waals surface area (Å²) in [5.41, 5.74) is 7.70. The molecule has 0 aliphatic rings. The van der Waals surface area contributed by atoms with E-state index in [1.807, 2.05) is 45.2 Å². The molecule has 16 heavy (non-hydrogen) atoms. The molecular formula is C13H16N2O. The van der Waals surface area contributed by atoms with E-state index in [2.05, 4.69) is 0 Å². The number of rotatable bonds is 1. The van der Waals surface area contributed by atoms with Crippen molar-refractivity contribution in [1.29, 1.82) is 0 Å². The minimum Gasteiger partial charge on any atom is -0.398 e. The van der Waals surface area contributed by atoms with Gasteiger partial charge in [-0.1, -0.05) is 6.07 Å². The summed E-state index contributed by atoms with van der Waals surface area (Å²) in [4.78, 5) is 12.1. The molecule has 0 aliphatic heterocycles. The van der Waals surface area contributed by atoms with Gasteiger partial charge in [0.05, 0.1) is 0 Å². The second kappa shape index (κ2) is 3.67. The Labute approximate surface area is 94.5 Å². The standard InChI is InChI=1S/C13H16N2O/c1-8(2)15-7-6-10-11(13(15)16)5-4-9(3)12(10)14/h4-8H,14H2,1-3H3. The maximum absolute atomic E-state index is 12.1. The molecule has 0 bridgehead atoms. The van der Waals surface area contributed by atoms with Crippen molar-refractivity contribution in [3.8, 4) is 0 Å². The molecule has 0 unspecified atom stereocenters. The van der Waals surface area contributed by atoms with E-state index in [0.717, 1.165) is 10.9 Å². The molecule has 1 aromatic heterocycles. The van der Waals surface area contributed by atoms with Crippen molar-refractivity contribution in [3.05, 3.63) is 40.3 Å². The number of benzene rings is 1. The number of hydrogen-bond acceptors (Lipinski definition) is 2. The van der Waals surface area contributed by atoms with Gasteiger partial charge >= 0.3 is 0 Å². The quantitative estimate of drug-likeness (QED) is 0.744. The van der Waals surface area contributed by atoms with Crippen molar-refractivity contribution in [2.75, 3.05) is 5.73 Å². The van der Waals surface area contributed by atoms with Gasteiger partial charge in [0.2, 0.25) is 0 Å². The molecule has 84 valence electrons. The molecule has 1 aromatic carbocycles. The van der Waals surface area contributed by atoms with Gasteiger partial charge in [-0.25, -0.2) is 0 Å². The molecule has 2 aromatic rings. The van der Waals surface area contributed by atoms with Crippen LogP contribution in [-0.4, -0.2) is 4.57 Å². The van der Waals surface area contributed by atoms with Crippen LogP contribution in [0.3, 0.4) is 0 Å². The number of anilines is 1. The topological polar surface area (TPSA) is 48.0 Å². The van der Waals surface area contributed by atoms with Crippen LogP contribution in [0.2, 0.25) is 0 Å². The zero-order valence-corrected chi connectivity index (χ0v) is 9.82. The third-order valence-electron chi connectivity index (χ3n) is 2.93. The van der Waals surface area contributed by atoms with E-state index in [-0.39, 0.29) is 11.6 Å². The van der Waals surface area contributed by atoms with Gasteiger partial charge in [0.1, 0.15) is 0 Å². The van der Waals surface area contributed by atoms with Crippen LogP contribution in [0.25, 0.3) is 10.8 Å². The van der Waals surface area contributed by atoms with Gasteiger partial charge in [0.15, 0.2) is 0 Å². The van der Waals surface area contributed by atoms with Gasteiger partial charge in [-0.15, -0.1) is 0 Å². The molecule has 0 spiro atoms. The molecule has 3 nitrogen and oxygen atoms in total. The zero-order valence-electron chi connectivity index (χ0n) is 9.82. The molecule has 0 atom stereocenters. The molecule has 0 fully saturated rings. The number of aromatic nitrogens is 1. The van der Waals surface area contributed by atoms with Crippen molar-refractivity contribution in [1.82, 2.24) is 4.57 Å². The molecule has 2 N–H and O–H groups in total. The van der Waals surface area contributed by atoms with Crippen LogP contribution in [0.5, 0.6) is 0 Å². The normalized spacial score (nSPS) is 11.2. The molecule has 1 heterocycles. The molecule has 0 amide bonds. The monoisotopic (exact) mass is 216 g/mol. The lowest BCUT2D eigenvalue weighted by atomic mass is 10.1. The Hall–Kier alpha value is -1.77. The third-order valence-corrected chi connectivity index (χ3v) is 2.93. The van der Waals surface area contributed by atoms with Crippen molar-refractivity contribution >= 4 is 16.5 Å². The van der Waals surface area contributed by atoms with Crippen LogP contribution in [-0.2, 0) is 0 Å². The molecule has 0 saturated heterocycles. The molecule has 3 heteroatoms. The number of nitrogens with zero attached hydrogens (tertiary/aromatic N) is 1. The number of aryl methyl sites for hydroxylation is 1. The van der Waals surface area contributed by atoms with E-state index in [1.54, 1.807) is 4.57 Å². The van der Waals surface area contributed by atoms with Gasteiger partial charge in [-0.05, 0) is 38.5 Å². The van der Waals surface area contributed by atoms with Crippen molar-refractivity contribution in [2.45, 2.75) is 26.8 Å². The van der Waals surface area contributed by atoms with Crippen LogP contribution in [0, 0.1) is 6.92 Å². The second-order valence-electron chi connectivity index (χ2n) is 4.38. The molecule has 0 aliphatic carbocycles. The number of hydrogen-bond donors (Lipinski definition) is 1. The maximum Gasteiger partial charge on any atom is 0.258 e. The minimum atomic E-state index is 0.0270. The molecule has 0 saturated carbocycles. The van der Waals surface area contributed by atoms with Gasteiger partial charge in [0, 0.05) is 28.7 Å². The van der Waals surface area contributed by atoms with E-state index < -0.39 is 0 Å². The lowest BCUT2D eigenvalue weighted by molar-refractivity contribution is 0.583.